The molecule has 1 aliphatic carbocycles. The van der Waals surface area contributed by atoms with Gasteiger partial charge in [-0.25, -0.2) is 5.90 Å². The topological polar surface area (TPSA) is 96.5 Å². The molecule has 1 unspecified atom stereocenters. The van der Waals surface area contributed by atoms with Gasteiger partial charge in [-0.3, -0.25) is 0 Å². The minimum atomic E-state index is -0.309. The fourth-order valence-corrected chi connectivity index (χ4v) is 1.22. The lowest BCUT2D eigenvalue weighted by atomic mass is 9.98. The normalized spacial score (nSPS) is 21.1. The lowest BCUT2D eigenvalue weighted by Gasteiger charge is -2.19. The van der Waals surface area contributed by atoms with E-state index in [0.29, 0.717) is 13.2 Å². The fourth-order valence-electron chi connectivity index (χ4n) is 1.22. The fraction of sp³-hybridized carbons (Fsp3) is 0.556. The highest BCUT2D eigenvalue weighted by Gasteiger charge is 2.13. The zero-order valence-electron chi connectivity index (χ0n) is 8.06. The smallest absolute Gasteiger partial charge is 0.115 e. The van der Waals surface area contributed by atoms with Crippen LogP contribution in [-0.4, -0.2) is 19.4 Å². The first kappa shape index (κ1) is 11.2. The van der Waals surface area contributed by atoms with Gasteiger partial charge in [0.2, 0.25) is 0 Å². The van der Waals surface area contributed by atoms with Gasteiger partial charge in [0.1, 0.15) is 19.0 Å². The molecule has 0 heterocycles. The molecule has 0 spiro atoms. The molecule has 1 aliphatic rings. The Morgan fingerprint density at radius 3 is 2.71 bits per heavy atom. The Hall–Kier alpha value is -0.880. The van der Waals surface area contributed by atoms with Crippen LogP contribution in [0, 0.1) is 5.92 Å². The Balaban J connectivity index is 2.28. The standard InChI is InChI=1S/C9H17N3O2/c10-9(11)7-1-3-8(4-2-7)13-5-6-14-12/h1,3-4,7,9H,2,5-6,10-12H2. The highest BCUT2D eigenvalue weighted by molar-refractivity contribution is 5.19. The molecule has 0 saturated heterocycles. The lowest BCUT2D eigenvalue weighted by molar-refractivity contribution is 0.0790. The van der Waals surface area contributed by atoms with Crippen LogP contribution in [0.1, 0.15) is 6.42 Å². The number of hydrogen-bond acceptors (Lipinski definition) is 5. The van der Waals surface area contributed by atoms with Crippen LogP contribution in [0.25, 0.3) is 0 Å². The Bertz CT molecular complexity index is 226. The van der Waals surface area contributed by atoms with Crippen LogP contribution in [0.3, 0.4) is 0 Å². The number of rotatable bonds is 5. The Morgan fingerprint density at radius 2 is 2.21 bits per heavy atom. The molecule has 0 radical (unpaired) electrons. The average molecular weight is 199 g/mol. The van der Waals surface area contributed by atoms with Gasteiger partial charge in [0, 0.05) is 5.92 Å². The van der Waals surface area contributed by atoms with Crippen molar-refractivity contribution < 1.29 is 9.57 Å². The molecular formula is C9H17N3O2. The second-order valence-electron chi connectivity index (χ2n) is 3.16. The van der Waals surface area contributed by atoms with Gasteiger partial charge in [0.15, 0.2) is 0 Å². The van der Waals surface area contributed by atoms with E-state index in [1.54, 1.807) is 0 Å². The van der Waals surface area contributed by atoms with Crippen molar-refractivity contribution in [1.29, 1.82) is 0 Å². The van der Waals surface area contributed by atoms with Gasteiger partial charge in [-0.2, -0.15) is 0 Å². The van der Waals surface area contributed by atoms with Crippen molar-refractivity contribution in [2.24, 2.45) is 23.3 Å². The summed E-state index contributed by atoms with van der Waals surface area (Å²) in [4.78, 5) is 4.38. The van der Waals surface area contributed by atoms with E-state index in [-0.39, 0.29) is 12.1 Å². The van der Waals surface area contributed by atoms with Crippen LogP contribution >= 0.6 is 0 Å². The summed E-state index contributed by atoms with van der Waals surface area (Å²) in [5.41, 5.74) is 11.1. The summed E-state index contributed by atoms with van der Waals surface area (Å²) in [7, 11) is 0. The number of hydrogen-bond donors (Lipinski definition) is 3. The molecule has 0 aromatic heterocycles. The van der Waals surface area contributed by atoms with Crippen LogP contribution in [0.4, 0.5) is 0 Å². The molecular weight excluding hydrogens is 182 g/mol. The van der Waals surface area contributed by atoms with Gasteiger partial charge in [-0.05, 0) is 18.6 Å². The van der Waals surface area contributed by atoms with Gasteiger partial charge >= 0.3 is 0 Å². The van der Waals surface area contributed by atoms with Crippen molar-refractivity contribution >= 4 is 0 Å². The molecule has 1 rings (SSSR count). The van der Waals surface area contributed by atoms with E-state index < -0.39 is 0 Å². The maximum absolute atomic E-state index is 5.55. The van der Waals surface area contributed by atoms with Crippen molar-refractivity contribution in [3.63, 3.8) is 0 Å². The molecule has 0 amide bonds. The SMILES string of the molecule is NOCCOC1=CCC(C(N)N)C=C1. The molecule has 6 N–H and O–H groups in total. The largest absolute Gasteiger partial charge is 0.491 e. The quantitative estimate of drug-likeness (QED) is 0.318. The van der Waals surface area contributed by atoms with Gasteiger partial charge in [0.05, 0.1) is 6.17 Å². The van der Waals surface area contributed by atoms with Crippen molar-refractivity contribution in [3.8, 4) is 0 Å². The summed E-state index contributed by atoms with van der Waals surface area (Å²) in [6.45, 7) is 0.830. The average Bonchev–Trinajstić information content (AvgIpc) is 2.19. The third-order valence-electron chi connectivity index (χ3n) is 2.06. The maximum atomic E-state index is 5.55. The van der Waals surface area contributed by atoms with E-state index in [1.165, 1.54) is 0 Å². The van der Waals surface area contributed by atoms with E-state index in [0.717, 1.165) is 12.2 Å². The zero-order chi connectivity index (χ0) is 10.4. The van der Waals surface area contributed by atoms with E-state index in [4.69, 9.17) is 22.1 Å². The molecule has 0 fully saturated rings. The molecule has 0 bridgehead atoms. The molecule has 0 aliphatic heterocycles. The second kappa shape index (κ2) is 5.77. The molecule has 80 valence electrons. The van der Waals surface area contributed by atoms with Gasteiger partial charge in [-0.15, -0.1) is 0 Å². The Morgan fingerprint density at radius 1 is 1.43 bits per heavy atom. The van der Waals surface area contributed by atoms with Crippen LogP contribution in [-0.2, 0) is 9.57 Å². The summed E-state index contributed by atoms with van der Waals surface area (Å²) in [6, 6.07) is 0. The van der Waals surface area contributed by atoms with Gasteiger partial charge < -0.3 is 21.0 Å². The molecule has 1 atom stereocenters. The summed E-state index contributed by atoms with van der Waals surface area (Å²) < 4.78 is 5.34. The van der Waals surface area contributed by atoms with E-state index in [2.05, 4.69) is 4.84 Å². The molecule has 0 aromatic carbocycles. The number of allylic oxidation sites excluding steroid dienone is 2. The molecule has 0 saturated carbocycles. The Labute approximate surface area is 83.5 Å². The predicted octanol–water partition coefficient (Wildman–Crippen LogP) is -0.403. The predicted molar refractivity (Wildman–Crippen MR) is 53.6 cm³/mol. The maximum Gasteiger partial charge on any atom is 0.115 e. The molecule has 5 heteroatoms. The highest BCUT2D eigenvalue weighted by atomic mass is 16.6. The zero-order valence-corrected chi connectivity index (χ0v) is 8.06. The minimum absolute atomic E-state index is 0.202. The third kappa shape index (κ3) is 3.47. The first-order chi connectivity index (χ1) is 6.74. The van der Waals surface area contributed by atoms with Crippen molar-refractivity contribution in [2.75, 3.05) is 13.2 Å². The number of ether oxygens (including phenoxy) is 1. The van der Waals surface area contributed by atoms with Crippen molar-refractivity contribution in [2.45, 2.75) is 12.6 Å². The Kier molecular flexibility index (Phi) is 4.61. The van der Waals surface area contributed by atoms with E-state index >= 15 is 0 Å². The van der Waals surface area contributed by atoms with Crippen LogP contribution in [0.2, 0.25) is 0 Å². The summed E-state index contributed by atoms with van der Waals surface area (Å²) in [5.74, 6) is 5.88. The van der Waals surface area contributed by atoms with Crippen LogP contribution in [0.5, 0.6) is 0 Å². The number of nitrogens with two attached hydrogens (primary N) is 3. The minimum Gasteiger partial charge on any atom is -0.491 e. The van der Waals surface area contributed by atoms with E-state index in [9.17, 15) is 0 Å². The molecule has 5 nitrogen and oxygen atoms in total. The van der Waals surface area contributed by atoms with Crippen LogP contribution < -0.4 is 17.4 Å². The van der Waals surface area contributed by atoms with Crippen molar-refractivity contribution in [3.05, 3.63) is 24.0 Å². The first-order valence-electron chi connectivity index (χ1n) is 4.58. The monoisotopic (exact) mass is 199 g/mol. The van der Waals surface area contributed by atoms with Gasteiger partial charge in [-0.1, -0.05) is 6.08 Å². The third-order valence-corrected chi connectivity index (χ3v) is 2.06. The van der Waals surface area contributed by atoms with Crippen LogP contribution in [0.15, 0.2) is 24.0 Å². The first-order valence-corrected chi connectivity index (χ1v) is 4.58. The van der Waals surface area contributed by atoms with E-state index in [1.807, 2.05) is 18.2 Å². The van der Waals surface area contributed by atoms with Gasteiger partial charge in [0.25, 0.3) is 0 Å². The molecule has 0 aromatic rings. The van der Waals surface area contributed by atoms with Crippen molar-refractivity contribution in [1.82, 2.24) is 0 Å². The second-order valence-corrected chi connectivity index (χ2v) is 3.16. The lowest BCUT2D eigenvalue weighted by Crippen LogP contribution is -2.38. The summed E-state index contributed by atoms with van der Waals surface area (Å²) in [5, 5.41) is 0. The summed E-state index contributed by atoms with van der Waals surface area (Å²) >= 11 is 0. The highest BCUT2D eigenvalue weighted by Crippen LogP contribution is 2.17. The molecule has 14 heavy (non-hydrogen) atoms. The summed E-state index contributed by atoms with van der Waals surface area (Å²) in [6.07, 6.45) is 6.30.